The van der Waals surface area contributed by atoms with Crippen LogP contribution in [0, 0.1) is 0 Å². The predicted molar refractivity (Wildman–Crippen MR) is 126 cm³/mol. The summed E-state index contributed by atoms with van der Waals surface area (Å²) in [6.45, 7) is -0.0979. The highest BCUT2D eigenvalue weighted by atomic mass is 35.5. The van der Waals surface area contributed by atoms with Gasteiger partial charge in [-0.15, -0.1) is 0 Å². The van der Waals surface area contributed by atoms with Crippen molar-refractivity contribution in [1.82, 2.24) is 15.1 Å². The average molecular weight is 521 g/mol. The molecule has 5 rings (SSSR count). The van der Waals surface area contributed by atoms with Crippen molar-refractivity contribution in [1.29, 1.82) is 0 Å². The Morgan fingerprint density at radius 1 is 1.29 bits per heavy atom. The fourth-order valence-electron chi connectivity index (χ4n) is 3.75. The van der Waals surface area contributed by atoms with E-state index in [9.17, 15) is 27.9 Å². The van der Waals surface area contributed by atoms with Crippen LogP contribution in [0.25, 0.3) is 17.0 Å². The summed E-state index contributed by atoms with van der Waals surface area (Å²) in [5.74, 6) is -1.39. The van der Waals surface area contributed by atoms with Crippen LogP contribution in [0.4, 0.5) is 13.2 Å². The second-order valence-corrected chi connectivity index (χ2v) is 9.71. The number of hydrogen-bond acceptors (Lipinski definition) is 5. The molecule has 1 aliphatic carbocycles. The third kappa shape index (κ3) is 4.65. The number of halogens is 4. The van der Waals surface area contributed by atoms with Gasteiger partial charge in [0.2, 0.25) is 0 Å². The lowest BCUT2D eigenvalue weighted by molar-refractivity contribution is -0.140. The van der Waals surface area contributed by atoms with Crippen LogP contribution < -0.4 is 5.32 Å². The minimum absolute atomic E-state index is 0.00126. The summed E-state index contributed by atoms with van der Waals surface area (Å²) in [6.07, 6.45) is -0.502. The number of nitrogens with one attached hydrogen (secondary N) is 1. The molecule has 2 aromatic carbocycles. The number of carbonyl (C=O) groups excluding carboxylic acids is 1. The van der Waals surface area contributed by atoms with Crippen LogP contribution in [-0.4, -0.2) is 37.5 Å². The molecule has 0 spiro atoms. The van der Waals surface area contributed by atoms with Crippen molar-refractivity contribution in [3.8, 4) is 0 Å². The summed E-state index contributed by atoms with van der Waals surface area (Å²) in [5.41, 5.74) is -0.614. The van der Waals surface area contributed by atoms with E-state index in [0.717, 1.165) is 17.8 Å². The fraction of sp³-hybridized carbons (Fsp3) is 0.217. The number of aliphatic carboxylic acids is 1. The van der Waals surface area contributed by atoms with Crippen LogP contribution in [0.5, 0.6) is 0 Å². The molecule has 3 aromatic rings. The van der Waals surface area contributed by atoms with Crippen molar-refractivity contribution in [3.63, 3.8) is 0 Å². The summed E-state index contributed by atoms with van der Waals surface area (Å²) in [4.78, 5) is 28.2. The Labute approximate surface area is 205 Å². The molecule has 2 fully saturated rings. The number of nitrogens with zero attached hydrogens (tertiary/aromatic N) is 3. The number of carboxylic acids is 1. The number of carboxylic acid groups (broad SMARTS) is 1. The van der Waals surface area contributed by atoms with E-state index in [2.05, 4.69) is 15.4 Å². The lowest BCUT2D eigenvalue weighted by Gasteiger charge is -2.14. The molecule has 1 aliphatic heterocycles. The van der Waals surface area contributed by atoms with Crippen LogP contribution in [0.2, 0.25) is 5.02 Å². The summed E-state index contributed by atoms with van der Waals surface area (Å²) in [6, 6.07) is 8.85. The van der Waals surface area contributed by atoms with Crippen molar-refractivity contribution >= 4 is 57.4 Å². The zero-order valence-electron chi connectivity index (χ0n) is 17.8. The van der Waals surface area contributed by atoms with Gasteiger partial charge in [0.15, 0.2) is 10.7 Å². The summed E-state index contributed by atoms with van der Waals surface area (Å²) in [5, 5.41) is 17.0. The molecular formula is C23H16ClF3N4O3S. The zero-order chi connectivity index (χ0) is 25.0. The fourth-order valence-corrected chi connectivity index (χ4v) is 4.83. The minimum atomic E-state index is -4.55. The van der Waals surface area contributed by atoms with Crippen molar-refractivity contribution in [3.05, 3.63) is 69.2 Å². The number of fused-ring (bicyclic) bond motifs is 1. The van der Waals surface area contributed by atoms with Gasteiger partial charge < -0.3 is 10.4 Å². The highest BCUT2D eigenvalue weighted by Crippen LogP contribution is 2.42. The number of thioether (sulfide) groups is 1. The first kappa shape index (κ1) is 23.4. The normalized spacial score (nSPS) is 19.5. The third-order valence-electron chi connectivity index (χ3n) is 5.75. The van der Waals surface area contributed by atoms with Gasteiger partial charge in [-0.2, -0.15) is 18.3 Å². The Kier molecular flexibility index (Phi) is 5.64. The first-order valence-corrected chi connectivity index (χ1v) is 11.6. The maximum atomic E-state index is 13.4. The average Bonchev–Trinajstić information content (AvgIpc) is 3.35. The van der Waals surface area contributed by atoms with E-state index in [4.69, 9.17) is 11.6 Å². The Balaban J connectivity index is 1.39. The molecule has 2 aliphatic rings. The second-order valence-electron chi connectivity index (χ2n) is 8.24. The molecule has 12 heteroatoms. The van der Waals surface area contributed by atoms with Gasteiger partial charge in [-0.1, -0.05) is 23.7 Å². The van der Waals surface area contributed by atoms with Gasteiger partial charge in [0.05, 0.1) is 28.7 Å². The van der Waals surface area contributed by atoms with Gasteiger partial charge in [0, 0.05) is 10.4 Å². The number of hydrogen-bond donors (Lipinski definition) is 2. The monoisotopic (exact) mass is 520 g/mol. The minimum Gasteiger partial charge on any atom is -0.479 e. The lowest BCUT2D eigenvalue weighted by atomic mass is 10.1. The number of rotatable bonds is 5. The summed E-state index contributed by atoms with van der Waals surface area (Å²) in [7, 11) is 0. The van der Waals surface area contributed by atoms with E-state index in [-0.39, 0.29) is 28.2 Å². The highest BCUT2D eigenvalue weighted by Gasteiger charge is 2.51. The molecule has 7 nitrogen and oxygen atoms in total. The number of carbonyl (C=O) groups is 2. The molecule has 180 valence electrons. The topological polar surface area (TPSA) is 96.6 Å². The van der Waals surface area contributed by atoms with Crippen molar-refractivity contribution in [2.75, 3.05) is 0 Å². The Bertz CT molecular complexity index is 1440. The summed E-state index contributed by atoms with van der Waals surface area (Å²) >= 11 is 6.83. The van der Waals surface area contributed by atoms with Gasteiger partial charge in [0.25, 0.3) is 5.91 Å². The SMILES string of the molecule is O=C1NC(=NC2(C(=O)O)CC2)SC1=Cc1ccc2c(cnn2Cc2ccc(Cl)cc2C(F)(F)F)c1. The van der Waals surface area contributed by atoms with E-state index in [1.54, 1.807) is 30.5 Å². The maximum absolute atomic E-state index is 13.4. The van der Waals surface area contributed by atoms with Crippen LogP contribution in [0.1, 0.15) is 29.5 Å². The molecule has 1 amide bonds. The predicted octanol–water partition coefficient (Wildman–Crippen LogP) is 4.93. The standard InChI is InChI=1S/C23H16ClF3N4O3S/c24-15-3-2-13(16(9-15)23(25,26)27)11-31-17-4-1-12(7-14(17)10-28-31)8-18-19(32)29-21(35-18)30-22(5-6-22)20(33)34/h1-4,7-10H,5-6,11H2,(H,33,34)(H,29,30,32). The number of benzene rings is 2. The highest BCUT2D eigenvalue weighted by molar-refractivity contribution is 8.18. The molecular weight excluding hydrogens is 505 g/mol. The largest absolute Gasteiger partial charge is 0.479 e. The van der Waals surface area contributed by atoms with Gasteiger partial charge in [-0.05, 0) is 66.1 Å². The van der Waals surface area contributed by atoms with Crippen LogP contribution in [0.15, 0.2) is 52.5 Å². The molecule has 2 heterocycles. The lowest BCUT2D eigenvalue weighted by Crippen LogP contribution is -2.26. The van der Waals surface area contributed by atoms with E-state index in [1.807, 2.05) is 0 Å². The van der Waals surface area contributed by atoms with Gasteiger partial charge >= 0.3 is 12.1 Å². The van der Waals surface area contributed by atoms with Gasteiger partial charge in [-0.3, -0.25) is 9.48 Å². The molecule has 0 bridgehead atoms. The van der Waals surface area contributed by atoms with Gasteiger partial charge in [0.1, 0.15) is 0 Å². The molecule has 1 saturated carbocycles. The van der Waals surface area contributed by atoms with Crippen LogP contribution in [0.3, 0.4) is 0 Å². The number of amides is 1. The molecule has 0 atom stereocenters. The molecule has 2 N–H and O–H groups in total. The van der Waals surface area contributed by atoms with E-state index in [1.165, 1.54) is 16.8 Å². The van der Waals surface area contributed by atoms with Crippen LogP contribution >= 0.6 is 23.4 Å². The quantitative estimate of drug-likeness (QED) is 0.465. The zero-order valence-corrected chi connectivity index (χ0v) is 19.3. The molecule has 1 aromatic heterocycles. The number of aliphatic imine (C=N–C) groups is 1. The van der Waals surface area contributed by atoms with Gasteiger partial charge in [-0.25, -0.2) is 9.79 Å². The maximum Gasteiger partial charge on any atom is 0.416 e. The Morgan fingerprint density at radius 3 is 2.74 bits per heavy atom. The third-order valence-corrected chi connectivity index (χ3v) is 6.89. The van der Waals surface area contributed by atoms with E-state index >= 15 is 0 Å². The first-order chi connectivity index (χ1) is 16.5. The Hall–Kier alpha value is -3.31. The molecule has 1 saturated heterocycles. The number of amidine groups is 1. The Morgan fingerprint density at radius 2 is 2.06 bits per heavy atom. The smallest absolute Gasteiger partial charge is 0.416 e. The van der Waals surface area contributed by atoms with Crippen molar-refractivity contribution in [2.24, 2.45) is 4.99 Å². The van der Waals surface area contributed by atoms with Crippen molar-refractivity contribution < 1.29 is 27.9 Å². The van der Waals surface area contributed by atoms with E-state index < -0.39 is 23.2 Å². The number of alkyl halides is 3. The molecule has 0 radical (unpaired) electrons. The molecule has 0 unspecified atom stereocenters. The second kappa shape index (κ2) is 8.42. The number of aromatic nitrogens is 2. The first-order valence-electron chi connectivity index (χ1n) is 10.4. The summed E-state index contributed by atoms with van der Waals surface area (Å²) < 4.78 is 41.8. The van der Waals surface area contributed by atoms with Crippen molar-refractivity contribution in [2.45, 2.75) is 31.1 Å². The van der Waals surface area contributed by atoms with Crippen LogP contribution in [-0.2, 0) is 22.3 Å². The van der Waals surface area contributed by atoms with E-state index in [0.29, 0.717) is 34.2 Å². The molecule has 35 heavy (non-hydrogen) atoms.